The fraction of sp³-hybridized carbons (Fsp3) is 0.529. The Bertz CT molecular complexity index is 558. The highest BCUT2D eigenvalue weighted by Crippen LogP contribution is 2.28. The van der Waals surface area contributed by atoms with Gasteiger partial charge in [0.05, 0.1) is 0 Å². The minimum atomic E-state index is -1.06. The number of benzene rings is 1. The van der Waals surface area contributed by atoms with E-state index in [0.717, 1.165) is 5.69 Å². The minimum absolute atomic E-state index is 0.330. The molecule has 126 valence electrons. The average Bonchev–Trinajstić information content (AvgIpc) is 2.47. The summed E-state index contributed by atoms with van der Waals surface area (Å²) in [6.45, 7) is 6.14. The number of piperidine rings is 1. The molecule has 0 aliphatic carbocycles. The van der Waals surface area contributed by atoms with Crippen molar-refractivity contribution in [1.82, 2.24) is 4.90 Å². The Labute approximate surface area is 136 Å². The molecule has 0 aromatic heterocycles. The summed E-state index contributed by atoms with van der Waals surface area (Å²) in [7, 11) is 0. The van der Waals surface area contributed by atoms with Gasteiger partial charge in [-0.2, -0.15) is 0 Å². The highest BCUT2D eigenvalue weighted by atomic mass is 16.6. The molecule has 2 rings (SSSR count). The van der Waals surface area contributed by atoms with E-state index in [4.69, 9.17) is 4.74 Å². The molecule has 0 unspecified atom stereocenters. The second kappa shape index (κ2) is 6.48. The molecule has 2 N–H and O–H groups in total. The van der Waals surface area contributed by atoms with Gasteiger partial charge in [0.1, 0.15) is 11.1 Å². The molecule has 0 bridgehead atoms. The Balaban J connectivity index is 2.03. The number of ether oxygens (including phenoxy) is 1. The van der Waals surface area contributed by atoms with E-state index in [1.165, 1.54) is 0 Å². The number of carboxylic acids is 1. The zero-order valence-electron chi connectivity index (χ0n) is 13.8. The molecule has 1 amide bonds. The topological polar surface area (TPSA) is 78.9 Å². The SMILES string of the molecule is CC(C)(C)OC(=O)N1CCC(Nc2ccccc2)(C(=O)O)CC1. The number of nitrogens with zero attached hydrogens (tertiary/aromatic N) is 1. The van der Waals surface area contributed by atoms with E-state index in [-0.39, 0.29) is 0 Å². The van der Waals surface area contributed by atoms with E-state index in [1.54, 1.807) is 4.90 Å². The predicted octanol–water partition coefficient (Wildman–Crippen LogP) is 2.95. The van der Waals surface area contributed by atoms with Crippen LogP contribution < -0.4 is 5.32 Å². The van der Waals surface area contributed by atoms with Crippen LogP contribution in [0.4, 0.5) is 10.5 Å². The van der Waals surface area contributed by atoms with E-state index in [2.05, 4.69) is 5.32 Å². The van der Waals surface area contributed by atoms with Gasteiger partial charge in [0.2, 0.25) is 0 Å². The quantitative estimate of drug-likeness (QED) is 0.895. The number of carboxylic acid groups (broad SMARTS) is 1. The molecule has 1 aromatic rings. The van der Waals surface area contributed by atoms with Crippen molar-refractivity contribution < 1.29 is 19.4 Å². The van der Waals surface area contributed by atoms with Gasteiger partial charge in [0, 0.05) is 18.8 Å². The molecule has 0 atom stereocenters. The molecule has 1 aliphatic rings. The lowest BCUT2D eigenvalue weighted by Gasteiger charge is -2.40. The first kappa shape index (κ1) is 17.1. The van der Waals surface area contributed by atoms with Crippen molar-refractivity contribution in [2.75, 3.05) is 18.4 Å². The van der Waals surface area contributed by atoms with Gasteiger partial charge in [0.15, 0.2) is 0 Å². The molecule has 1 aliphatic heterocycles. The van der Waals surface area contributed by atoms with Crippen LogP contribution in [0.2, 0.25) is 0 Å². The zero-order chi connectivity index (χ0) is 17.1. The molecule has 0 spiro atoms. The van der Waals surface area contributed by atoms with Gasteiger partial charge in [-0.15, -0.1) is 0 Å². The Morgan fingerprint density at radius 2 is 1.74 bits per heavy atom. The molecule has 1 aromatic carbocycles. The highest BCUT2D eigenvalue weighted by Gasteiger charge is 2.43. The zero-order valence-corrected chi connectivity index (χ0v) is 13.8. The number of aliphatic carboxylic acids is 1. The molecule has 0 saturated carbocycles. The third-order valence-corrected chi connectivity index (χ3v) is 3.84. The number of carbonyl (C=O) groups is 2. The van der Waals surface area contributed by atoms with Crippen LogP contribution in [0.25, 0.3) is 0 Å². The van der Waals surface area contributed by atoms with Crippen molar-refractivity contribution in [2.45, 2.75) is 44.8 Å². The smallest absolute Gasteiger partial charge is 0.410 e. The van der Waals surface area contributed by atoms with Crippen molar-refractivity contribution in [3.63, 3.8) is 0 Å². The molecule has 6 nitrogen and oxygen atoms in total. The van der Waals surface area contributed by atoms with Crippen LogP contribution in [0.5, 0.6) is 0 Å². The highest BCUT2D eigenvalue weighted by molar-refractivity contribution is 5.83. The number of hydrogen-bond donors (Lipinski definition) is 2. The Morgan fingerprint density at radius 1 is 1.17 bits per heavy atom. The number of carbonyl (C=O) groups excluding carboxylic acids is 1. The van der Waals surface area contributed by atoms with E-state index < -0.39 is 23.2 Å². The summed E-state index contributed by atoms with van der Waals surface area (Å²) < 4.78 is 5.34. The standard InChI is InChI=1S/C17H24N2O4/c1-16(2,3)23-15(22)19-11-9-17(10-12-19,14(20)21)18-13-7-5-4-6-8-13/h4-8,18H,9-12H2,1-3H3,(H,20,21). The summed E-state index contributed by atoms with van der Waals surface area (Å²) in [5, 5.41) is 12.8. The summed E-state index contributed by atoms with van der Waals surface area (Å²) >= 11 is 0. The monoisotopic (exact) mass is 320 g/mol. The molecule has 6 heteroatoms. The number of para-hydroxylation sites is 1. The van der Waals surface area contributed by atoms with Gasteiger partial charge >= 0.3 is 12.1 Å². The van der Waals surface area contributed by atoms with Crippen molar-refractivity contribution >= 4 is 17.7 Å². The molecular weight excluding hydrogens is 296 g/mol. The molecule has 1 heterocycles. The number of amides is 1. The van der Waals surface area contributed by atoms with Crippen LogP contribution in [0.15, 0.2) is 30.3 Å². The molecular formula is C17H24N2O4. The Hall–Kier alpha value is -2.24. The first-order valence-electron chi connectivity index (χ1n) is 7.76. The molecule has 1 saturated heterocycles. The van der Waals surface area contributed by atoms with E-state index in [0.29, 0.717) is 25.9 Å². The molecule has 0 radical (unpaired) electrons. The van der Waals surface area contributed by atoms with Crippen LogP contribution in [-0.4, -0.2) is 46.3 Å². The summed E-state index contributed by atoms with van der Waals surface area (Å²) in [6.07, 6.45) is 0.267. The summed E-state index contributed by atoms with van der Waals surface area (Å²) in [5.74, 6) is -0.898. The van der Waals surface area contributed by atoms with Gasteiger partial charge in [-0.25, -0.2) is 9.59 Å². The lowest BCUT2D eigenvalue weighted by molar-refractivity contribution is -0.144. The van der Waals surface area contributed by atoms with Gasteiger partial charge < -0.3 is 20.1 Å². The van der Waals surface area contributed by atoms with Crippen molar-refractivity contribution in [2.24, 2.45) is 0 Å². The maximum Gasteiger partial charge on any atom is 0.410 e. The van der Waals surface area contributed by atoms with Gasteiger partial charge in [-0.3, -0.25) is 0 Å². The maximum absolute atomic E-state index is 12.1. The molecule has 23 heavy (non-hydrogen) atoms. The Morgan fingerprint density at radius 3 is 2.22 bits per heavy atom. The Kier molecular flexibility index (Phi) is 4.82. The lowest BCUT2D eigenvalue weighted by Crippen LogP contribution is -2.55. The van der Waals surface area contributed by atoms with E-state index in [1.807, 2.05) is 51.1 Å². The average molecular weight is 320 g/mol. The largest absolute Gasteiger partial charge is 0.480 e. The third kappa shape index (κ3) is 4.37. The van der Waals surface area contributed by atoms with Gasteiger partial charge in [0.25, 0.3) is 0 Å². The predicted molar refractivity (Wildman–Crippen MR) is 87.5 cm³/mol. The second-order valence-electron chi connectivity index (χ2n) is 6.85. The molecule has 1 fully saturated rings. The minimum Gasteiger partial charge on any atom is -0.480 e. The van der Waals surface area contributed by atoms with Crippen molar-refractivity contribution in [3.8, 4) is 0 Å². The fourth-order valence-electron chi connectivity index (χ4n) is 2.59. The van der Waals surface area contributed by atoms with Gasteiger partial charge in [-0.05, 0) is 45.7 Å². The normalized spacial score (nSPS) is 17.4. The number of nitrogens with one attached hydrogen (secondary N) is 1. The maximum atomic E-state index is 12.1. The second-order valence-corrected chi connectivity index (χ2v) is 6.85. The van der Waals surface area contributed by atoms with Gasteiger partial charge in [-0.1, -0.05) is 18.2 Å². The van der Waals surface area contributed by atoms with Crippen LogP contribution in [0.3, 0.4) is 0 Å². The number of likely N-dealkylation sites (tertiary alicyclic amines) is 1. The fourth-order valence-corrected chi connectivity index (χ4v) is 2.59. The van der Waals surface area contributed by atoms with Crippen LogP contribution in [0.1, 0.15) is 33.6 Å². The number of anilines is 1. The third-order valence-electron chi connectivity index (χ3n) is 3.84. The first-order chi connectivity index (χ1) is 10.7. The lowest BCUT2D eigenvalue weighted by atomic mass is 9.87. The number of hydrogen-bond acceptors (Lipinski definition) is 4. The van der Waals surface area contributed by atoms with E-state index >= 15 is 0 Å². The number of rotatable bonds is 3. The summed E-state index contributed by atoms with van der Waals surface area (Å²) in [6, 6.07) is 9.26. The summed E-state index contributed by atoms with van der Waals surface area (Å²) in [4.78, 5) is 25.4. The van der Waals surface area contributed by atoms with Crippen molar-refractivity contribution in [3.05, 3.63) is 30.3 Å². The van der Waals surface area contributed by atoms with Crippen LogP contribution in [-0.2, 0) is 9.53 Å². The summed E-state index contributed by atoms with van der Waals surface area (Å²) in [5.41, 5.74) is -0.846. The van der Waals surface area contributed by atoms with Crippen LogP contribution in [0, 0.1) is 0 Å². The van der Waals surface area contributed by atoms with E-state index in [9.17, 15) is 14.7 Å². The first-order valence-corrected chi connectivity index (χ1v) is 7.76. The van der Waals surface area contributed by atoms with Crippen molar-refractivity contribution in [1.29, 1.82) is 0 Å². The van der Waals surface area contributed by atoms with Crippen LogP contribution >= 0.6 is 0 Å².